The van der Waals surface area contributed by atoms with Crippen LogP contribution in [0.2, 0.25) is 0 Å². The minimum atomic E-state index is -1.54. The van der Waals surface area contributed by atoms with Crippen molar-refractivity contribution in [3.8, 4) is 0 Å². The standard InChI is InChI=1S/C20H34O10/c1-10(2)5-4-6-11(3)7-27-20-18(26)16(24)15(23)13(30-20)9-29-19-17(25)14(22)12(21)8-28-19/h5,7,12-26H,4,6,8-9H2,1-3H3/t12-,13+,14-,15+,16-,17+,18+,19-,20+/m0/s1. The highest BCUT2D eigenvalue weighted by Gasteiger charge is 2.46. The second-order valence-corrected chi connectivity index (χ2v) is 8.02. The summed E-state index contributed by atoms with van der Waals surface area (Å²) in [5.41, 5.74) is 2.12. The SMILES string of the molecule is CC(C)=CCCC(C)=CO[C@@H]1O[C@H](CO[C@@H]2OC[C@H](O)[C@H](O)[C@H]2O)[C@@H](O)[C@H](O)[C@H]1O. The zero-order valence-electron chi connectivity index (χ0n) is 17.5. The van der Waals surface area contributed by atoms with Gasteiger partial charge in [-0.05, 0) is 39.2 Å². The highest BCUT2D eigenvalue weighted by Crippen LogP contribution is 2.25. The summed E-state index contributed by atoms with van der Waals surface area (Å²) >= 11 is 0. The van der Waals surface area contributed by atoms with Crippen LogP contribution in [-0.2, 0) is 18.9 Å². The first kappa shape index (κ1) is 25.2. The average Bonchev–Trinajstić information content (AvgIpc) is 2.70. The van der Waals surface area contributed by atoms with Crippen molar-refractivity contribution in [2.75, 3.05) is 13.2 Å². The Hall–Kier alpha value is -1.08. The first-order chi connectivity index (χ1) is 14.1. The molecule has 0 bridgehead atoms. The largest absolute Gasteiger partial charge is 0.470 e. The summed E-state index contributed by atoms with van der Waals surface area (Å²) in [6.07, 6.45) is -7.12. The Bertz CT molecular complexity index is 590. The summed E-state index contributed by atoms with van der Waals surface area (Å²) in [6, 6.07) is 0. The topological polar surface area (TPSA) is 158 Å². The molecule has 0 aromatic heterocycles. The molecule has 0 spiro atoms. The summed E-state index contributed by atoms with van der Waals surface area (Å²) < 4.78 is 21.5. The molecule has 2 aliphatic rings. The van der Waals surface area contributed by atoms with Crippen molar-refractivity contribution in [3.63, 3.8) is 0 Å². The van der Waals surface area contributed by atoms with Crippen LogP contribution in [-0.4, -0.2) is 99.2 Å². The first-order valence-electron chi connectivity index (χ1n) is 10.0. The lowest BCUT2D eigenvalue weighted by atomic mass is 9.99. The third-order valence-electron chi connectivity index (χ3n) is 5.04. The maximum Gasteiger partial charge on any atom is 0.228 e. The van der Waals surface area contributed by atoms with Crippen LogP contribution < -0.4 is 0 Å². The van der Waals surface area contributed by atoms with Crippen LogP contribution in [0.4, 0.5) is 0 Å². The van der Waals surface area contributed by atoms with E-state index < -0.39 is 55.3 Å². The van der Waals surface area contributed by atoms with Gasteiger partial charge < -0.3 is 49.6 Å². The Balaban J connectivity index is 1.91. The Labute approximate surface area is 176 Å². The molecule has 9 atom stereocenters. The van der Waals surface area contributed by atoms with E-state index in [4.69, 9.17) is 18.9 Å². The van der Waals surface area contributed by atoms with E-state index in [9.17, 15) is 30.6 Å². The number of aliphatic hydroxyl groups excluding tert-OH is 6. The third-order valence-corrected chi connectivity index (χ3v) is 5.04. The second kappa shape index (κ2) is 11.5. The summed E-state index contributed by atoms with van der Waals surface area (Å²) in [6.45, 7) is 5.33. The van der Waals surface area contributed by atoms with Gasteiger partial charge in [0.2, 0.25) is 6.29 Å². The molecular formula is C20H34O10. The predicted molar refractivity (Wildman–Crippen MR) is 104 cm³/mol. The maximum atomic E-state index is 10.2. The van der Waals surface area contributed by atoms with Crippen molar-refractivity contribution in [1.82, 2.24) is 0 Å². The molecule has 2 fully saturated rings. The monoisotopic (exact) mass is 434 g/mol. The fourth-order valence-electron chi connectivity index (χ4n) is 3.11. The minimum Gasteiger partial charge on any atom is -0.470 e. The van der Waals surface area contributed by atoms with E-state index >= 15 is 0 Å². The Morgan fingerprint density at radius 3 is 2.23 bits per heavy atom. The number of rotatable bonds is 8. The van der Waals surface area contributed by atoms with Gasteiger partial charge in [-0.2, -0.15) is 0 Å². The molecule has 10 nitrogen and oxygen atoms in total. The predicted octanol–water partition coefficient (Wildman–Crippen LogP) is -1.08. The molecule has 6 N–H and O–H groups in total. The smallest absolute Gasteiger partial charge is 0.228 e. The molecule has 2 saturated heterocycles. The molecule has 2 rings (SSSR count). The summed E-state index contributed by atoms with van der Waals surface area (Å²) in [5.74, 6) is 0. The number of aliphatic hydroxyl groups is 6. The van der Waals surface area contributed by atoms with Gasteiger partial charge in [0.1, 0.15) is 42.7 Å². The lowest BCUT2D eigenvalue weighted by molar-refractivity contribution is -0.313. The number of ether oxygens (including phenoxy) is 4. The van der Waals surface area contributed by atoms with Gasteiger partial charge in [0.15, 0.2) is 6.29 Å². The molecule has 0 aromatic carbocycles. The highest BCUT2D eigenvalue weighted by molar-refractivity contribution is 5.00. The van der Waals surface area contributed by atoms with Crippen LogP contribution in [0.25, 0.3) is 0 Å². The Kier molecular flexibility index (Phi) is 9.67. The fraction of sp³-hybridized carbons (Fsp3) is 0.800. The van der Waals surface area contributed by atoms with Crippen LogP contribution in [0.3, 0.4) is 0 Å². The van der Waals surface area contributed by atoms with E-state index in [-0.39, 0.29) is 13.2 Å². The zero-order chi connectivity index (χ0) is 22.4. The van der Waals surface area contributed by atoms with Crippen LogP contribution >= 0.6 is 0 Å². The van der Waals surface area contributed by atoms with Crippen LogP contribution in [0.5, 0.6) is 0 Å². The minimum absolute atomic E-state index is 0.235. The number of allylic oxidation sites excluding steroid dienone is 3. The molecule has 0 radical (unpaired) electrons. The molecule has 0 aromatic rings. The Morgan fingerprint density at radius 1 is 0.900 bits per heavy atom. The van der Waals surface area contributed by atoms with Crippen LogP contribution in [0.15, 0.2) is 23.5 Å². The van der Waals surface area contributed by atoms with E-state index in [0.29, 0.717) is 0 Å². The van der Waals surface area contributed by atoms with Crippen molar-refractivity contribution in [2.24, 2.45) is 0 Å². The Morgan fingerprint density at radius 2 is 1.57 bits per heavy atom. The molecule has 0 saturated carbocycles. The van der Waals surface area contributed by atoms with Crippen molar-refractivity contribution in [2.45, 2.75) is 88.9 Å². The summed E-state index contributed by atoms with van der Waals surface area (Å²) in [4.78, 5) is 0. The van der Waals surface area contributed by atoms with Gasteiger partial charge in [-0.15, -0.1) is 0 Å². The van der Waals surface area contributed by atoms with Gasteiger partial charge in [0.25, 0.3) is 0 Å². The quantitative estimate of drug-likeness (QED) is 0.205. The van der Waals surface area contributed by atoms with E-state index in [0.717, 1.165) is 18.4 Å². The van der Waals surface area contributed by atoms with Gasteiger partial charge >= 0.3 is 0 Å². The lowest BCUT2D eigenvalue weighted by Crippen LogP contribution is -2.60. The fourth-order valence-corrected chi connectivity index (χ4v) is 3.11. The molecule has 10 heteroatoms. The number of hydrogen-bond acceptors (Lipinski definition) is 10. The van der Waals surface area contributed by atoms with E-state index in [1.165, 1.54) is 11.8 Å². The molecule has 0 unspecified atom stereocenters. The molecule has 0 amide bonds. The maximum absolute atomic E-state index is 10.2. The van der Waals surface area contributed by atoms with Gasteiger partial charge in [0.05, 0.1) is 19.5 Å². The van der Waals surface area contributed by atoms with Crippen molar-refractivity contribution in [3.05, 3.63) is 23.5 Å². The number of hydrogen-bond donors (Lipinski definition) is 6. The van der Waals surface area contributed by atoms with Gasteiger partial charge in [-0.3, -0.25) is 0 Å². The molecular weight excluding hydrogens is 400 g/mol. The third kappa shape index (κ3) is 6.71. The van der Waals surface area contributed by atoms with Gasteiger partial charge in [0, 0.05) is 0 Å². The van der Waals surface area contributed by atoms with E-state index in [2.05, 4.69) is 6.08 Å². The van der Waals surface area contributed by atoms with E-state index in [1.54, 1.807) is 0 Å². The van der Waals surface area contributed by atoms with Crippen molar-refractivity contribution >= 4 is 0 Å². The van der Waals surface area contributed by atoms with Crippen LogP contribution in [0, 0.1) is 0 Å². The van der Waals surface area contributed by atoms with Crippen LogP contribution in [0.1, 0.15) is 33.6 Å². The highest BCUT2D eigenvalue weighted by atomic mass is 16.7. The average molecular weight is 434 g/mol. The molecule has 30 heavy (non-hydrogen) atoms. The first-order valence-corrected chi connectivity index (χ1v) is 10.0. The lowest BCUT2D eigenvalue weighted by Gasteiger charge is -2.41. The van der Waals surface area contributed by atoms with Gasteiger partial charge in [-0.1, -0.05) is 11.6 Å². The summed E-state index contributed by atoms with van der Waals surface area (Å²) in [5, 5.41) is 59.5. The summed E-state index contributed by atoms with van der Waals surface area (Å²) in [7, 11) is 0. The second-order valence-electron chi connectivity index (χ2n) is 8.02. The molecule has 0 aliphatic carbocycles. The van der Waals surface area contributed by atoms with Crippen molar-refractivity contribution in [1.29, 1.82) is 0 Å². The normalized spacial score (nSPS) is 40.2. The van der Waals surface area contributed by atoms with E-state index in [1.807, 2.05) is 20.8 Å². The molecule has 2 heterocycles. The van der Waals surface area contributed by atoms with Crippen molar-refractivity contribution < 1.29 is 49.6 Å². The zero-order valence-corrected chi connectivity index (χ0v) is 17.5. The molecule has 174 valence electrons. The molecule has 2 aliphatic heterocycles. The van der Waals surface area contributed by atoms with Gasteiger partial charge in [-0.25, -0.2) is 0 Å².